The number of rotatable bonds is 1. The Kier molecular flexibility index (Phi) is 2.34. The molecule has 0 aliphatic carbocycles. The van der Waals surface area contributed by atoms with Crippen LogP contribution in [0.25, 0.3) is 10.6 Å². The second kappa shape index (κ2) is 3.65. The van der Waals surface area contributed by atoms with Gasteiger partial charge in [0.05, 0.1) is 10.6 Å². The van der Waals surface area contributed by atoms with Crippen LogP contribution in [-0.2, 0) is 0 Å². The van der Waals surface area contributed by atoms with Gasteiger partial charge in [-0.05, 0) is 30.5 Å². The summed E-state index contributed by atoms with van der Waals surface area (Å²) >= 11 is 1.67. The Hall–Kier alpha value is -1.59. The molecule has 0 fully saturated rings. The smallest absolute Gasteiger partial charge is 0.0817 e. The first-order chi connectivity index (χ1) is 6.79. The molecule has 0 aliphatic heterocycles. The molecule has 2 heterocycles. The second-order valence-corrected chi connectivity index (χ2v) is 3.95. The van der Waals surface area contributed by atoms with E-state index in [0.717, 1.165) is 21.8 Å². The molecule has 2 aromatic rings. The summed E-state index contributed by atoms with van der Waals surface area (Å²) < 4.78 is 0. The van der Waals surface area contributed by atoms with E-state index in [1.807, 2.05) is 36.6 Å². The van der Waals surface area contributed by atoms with Crippen molar-refractivity contribution in [2.24, 2.45) is 0 Å². The molecule has 0 N–H and O–H groups in total. The van der Waals surface area contributed by atoms with Crippen molar-refractivity contribution >= 4 is 11.3 Å². The van der Waals surface area contributed by atoms with Gasteiger partial charge in [0.25, 0.3) is 0 Å². The fourth-order valence-electron chi connectivity index (χ4n) is 1.30. The maximum absolute atomic E-state index is 5.37. The lowest BCUT2D eigenvalue weighted by molar-refractivity contribution is 1.20. The topological polar surface area (TPSA) is 12.9 Å². The number of thiophene rings is 1. The van der Waals surface area contributed by atoms with Gasteiger partial charge in [0.2, 0.25) is 0 Å². The Bertz CT molecular complexity index is 478. The standard InChI is InChI=1S/C12H9NS/c1-3-10-7-9(2)13-11(8-10)12-5-4-6-14-12/h1,4-8H,2H3. The minimum atomic E-state index is 0.890. The zero-order chi connectivity index (χ0) is 9.97. The van der Waals surface area contributed by atoms with Crippen LogP contribution in [0.2, 0.25) is 0 Å². The molecule has 0 amide bonds. The number of pyridine rings is 1. The zero-order valence-electron chi connectivity index (χ0n) is 7.82. The summed E-state index contributed by atoms with van der Waals surface area (Å²) in [6.45, 7) is 1.96. The first kappa shape index (κ1) is 8.98. The molecule has 0 radical (unpaired) electrons. The van der Waals surface area contributed by atoms with Gasteiger partial charge in [-0.2, -0.15) is 0 Å². The fraction of sp³-hybridized carbons (Fsp3) is 0.0833. The molecule has 14 heavy (non-hydrogen) atoms. The van der Waals surface area contributed by atoms with Crippen LogP contribution in [0, 0.1) is 19.3 Å². The molecular formula is C12H9NS. The van der Waals surface area contributed by atoms with Gasteiger partial charge in [-0.1, -0.05) is 12.0 Å². The van der Waals surface area contributed by atoms with Gasteiger partial charge in [0.15, 0.2) is 0 Å². The number of hydrogen-bond acceptors (Lipinski definition) is 2. The number of nitrogens with zero attached hydrogens (tertiary/aromatic N) is 1. The Balaban J connectivity index is 2.55. The van der Waals surface area contributed by atoms with Gasteiger partial charge in [-0.3, -0.25) is 4.98 Å². The Labute approximate surface area is 87.4 Å². The van der Waals surface area contributed by atoms with E-state index in [9.17, 15) is 0 Å². The van der Waals surface area contributed by atoms with Crippen LogP contribution in [-0.4, -0.2) is 4.98 Å². The highest BCUT2D eigenvalue weighted by atomic mass is 32.1. The molecule has 0 bridgehead atoms. The summed E-state index contributed by atoms with van der Waals surface area (Å²) in [5.41, 5.74) is 2.82. The van der Waals surface area contributed by atoms with E-state index < -0.39 is 0 Å². The minimum absolute atomic E-state index is 0.890. The maximum atomic E-state index is 5.37. The highest BCUT2D eigenvalue weighted by Crippen LogP contribution is 2.23. The van der Waals surface area contributed by atoms with Crippen LogP contribution in [0.4, 0.5) is 0 Å². The van der Waals surface area contributed by atoms with Crippen molar-refractivity contribution in [1.82, 2.24) is 4.98 Å². The summed E-state index contributed by atoms with van der Waals surface area (Å²) in [6.07, 6.45) is 5.37. The molecule has 0 atom stereocenters. The molecule has 0 saturated carbocycles. The van der Waals surface area contributed by atoms with Crippen LogP contribution in [0.1, 0.15) is 11.3 Å². The molecule has 0 unspecified atom stereocenters. The van der Waals surface area contributed by atoms with Crippen molar-refractivity contribution < 1.29 is 0 Å². The summed E-state index contributed by atoms with van der Waals surface area (Å²) in [4.78, 5) is 5.60. The van der Waals surface area contributed by atoms with Gasteiger partial charge in [-0.15, -0.1) is 17.8 Å². The SMILES string of the molecule is C#Cc1cc(C)nc(-c2cccs2)c1. The van der Waals surface area contributed by atoms with E-state index in [4.69, 9.17) is 6.42 Å². The van der Waals surface area contributed by atoms with E-state index in [2.05, 4.69) is 10.9 Å². The maximum Gasteiger partial charge on any atom is 0.0817 e. The second-order valence-electron chi connectivity index (χ2n) is 3.00. The number of terminal acetylenes is 1. The van der Waals surface area contributed by atoms with Crippen molar-refractivity contribution in [3.63, 3.8) is 0 Å². The van der Waals surface area contributed by atoms with Crippen LogP contribution >= 0.6 is 11.3 Å². The summed E-state index contributed by atoms with van der Waals surface area (Å²) in [7, 11) is 0. The van der Waals surface area contributed by atoms with Gasteiger partial charge in [0, 0.05) is 11.3 Å². The normalized spacial score (nSPS) is 9.71. The average molecular weight is 199 g/mol. The van der Waals surface area contributed by atoms with Gasteiger partial charge >= 0.3 is 0 Å². The number of hydrogen-bond donors (Lipinski definition) is 0. The largest absolute Gasteiger partial charge is 0.252 e. The third-order valence-corrected chi connectivity index (χ3v) is 2.79. The lowest BCUT2D eigenvalue weighted by Crippen LogP contribution is -1.87. The monoisotopic (exact) mass is 199 g/mol. The molecule has 2 rings (SSSR count). The van der Waals surface area contributed by atoms with Crippen molar-refractivity contribution in [2.45, 2.75) is 6.92 Å². The third kappa shape index (κ3) is 1.68. The molecule has 2 heteroatoms. The first-order valence-electron chi connectivity index (χ1n) is 4.29. The van der Waals surface area contributed by atoms with Crippen molar-refractivity contribution in [1.29, 1.82) is 0 Å². The highest BCUT2D eigenvalue weighted by Gasteiger charge is 2.02. The molecule has 0 aromatic carbocycles. The summed E-state index contributed by atoms with van der Waals surface area (Å²) in [6, 6.07) is 7.92. The van der Waals surface area contributed by atoms with Gasteiger partial charge in [-0.25, -0.2) is 0 Å². The van der Waals surface area contributed by atoms with Crippen molar-refractivity contribution in [3.05, 3.63) is 40.9 Å². The lowest BCUT2D eigenvalue weighted by atomic mass is 10.2. The van der Waals surface area contributed by atoms with Crippen LogP contribution in [0.3, 0.4) is 0 Å². The third-order valence-electron chi connectivity index (χ3n) is 1.89. The number of aromatic nitrogens is 1. The Morgan fingerprint density at radius 1 is 1.43 bits per heavy atom. The van der Waals surface area contributed by atoms with Crippen molar-refractivity contribution in [3.8, 4) is 22.9 Å². The highest BCUT2D eigenvalue weighted by molar-refractivity contribution is 7.13. The van der Waals surface area contributed by atoms with Crippen LogP contribution < -0.4 is 0 Å². The van der Waals surface area contributed by atoms with E-state index >= 15 is 0 Å². The number of aryl methyl sites for hydroxylation is 1. The van der Waals surface area contributed by atoms with E-state index in [1.54, 1.807) is 11.3 Å². The molecular weight excluding hydrogens is 190 g/mol. The first-order valence-corrected chi connectivity index (χ1v) is 5.17. The van der Waals surface area contributed by atoms with Gasteiger partial charge < -0.3 is 0 Å². The molecule has 0 aliphatic rings. The Morgan fingerprint density at radius 2 is 2.29 bits per heavy atom. The van der Waals surface area contributed by atoms with E-state index in [0.29, 0.717) is 0 Å². The minimum Gasteiger partial charge on any atom is -0.252 e. The molecule has 68 valence electrons. The summed E-state index contributed by atoms with van der Waals surface area (Å²) in [5.74, 6) is 2.63. The molecule has 0 saturated heterocycles. The lowest BCUT2D eigenvalue weighted by Gasteiger charge is -2.00. The van der Waals surface area contributed by atoms with E-state index in [1.165, 1.54) is 0 Å². The average Bonchev–Trinajstić information content (AvgIpc) is 2.69. The zero-order valence-corrected chi connectivity index (χ0v) is 8.64. The summed E-state index contributed by atoms with van der Waals surface area (Å²) in [5, 5.41) is 2.04. The molecule has 1 nitrogen and oxygen atoms in total. The van der Waals surface area contributed by atoms with Crippen LogP contribution in [0.15, 0.2) is 29.6 Å². The van der Waals surface area contributed by atoms with Crippen molar-refractivity contribution in [2.75, 3.05) is 0 Å². The quantitative estimate of drug-likeness (QED) is 0.643. The predicted octanol–water partition coefficient (Wildman–Crippen LogP) is 3.10. The molecule has 2 aromatic heterocycles. The Morgan fingerprint density at radius 3 is 2.93 bits per heavy atom. The predicted molar refractivity (Wildman–Crippen MR) is 60.2 cm³/mol. The fourth-order valence-corrected chi connectivity index (χ4v) is 1.99. The van der Waals surface area contributed by atoms with E-state index in [-0.39, 0.29) is 0 Å². The van der Waals surface area contributed by atoms with Crippen LogP contribution in [0.5, 0.6) is 0 Å². The molecule has 0 spiro atoms. The van der Waals surface area contributed by atoms with Gasteiger partial charge in [0.1, 0.15) is 0 Å².